The van der Waals surface area contributed by atoms with Crippen LogP contribution in [0.4, 0.5) is 0 Å². The average Bonchev–Trinajstić information content (AvgIpc) is 2.73. The van der Waals surface area contributed by atoms with Crippen LogP contribution in [-0.4, -0.2) is 33.6 Å². The normalized spacial score (nSPS) is 11.2. The largest absolute Gasteiger partial charge is 0.382 e. The van der Waals surface area contributed by atoms with Crippen molar-refractivity contribution in [1.29, 1.82) is 0 Å². The van der Waals surface area contributed by atoms with Gasteiger partial charge in [0, 0.05) is 38.3 Å². The minimum Gasteiger partial charge on any atom is -0.382 e. The molecule has 0 radical (unpaired) electrons. The van der Waals surface area contributed by atoms with E-state index < -0.39 is 0 Å². The maximum atomic E-state index is 5.82. The molecule has 0 aliphatic heterocycles. The number of fused-ring (bicyclic) bond motifs is 1. The van der Waals surface area contributed by atoms with Gasteiger partial charge in [0.1, 0.15) is 11.3 Å². The zero-order valence-electron chi connectivity index (χ0n) is 10.6. The summed E-state index contributed by atoms with van der Waals surface area (Å²) in [6.45, 7) is 4.41. The maximum Gasteiger partial charge on any atom is 0.159 e. The van der Waals surface area contributed by atoms with E-state index in [9.17, 15) is 0 Å². The van der Waals surface area contributed by atoms with E-state index in [1.807, 2.05) is 19.1 Å². The van der Waals surface area contributed by atoms with E-state index in [0.29, 0.717) is 5.88 Å². The highest BCUT2D eigenvalue weighted by atomic mass is 35.5. The molecule has 0 aliphatic carbocycles. The summed E-state index contributed by atoms with van der Waals surface area (Å²) >= 11 is 5.82. The summed E-state index contributed by atoms with van der Waals surface area (Å²) in [6.07, 6.45) is 3.53. The summed E-state index contributed by atoms with van der Waals surface area (Å²) in [5, 5.41) is 0. The number of ether oxygens (including phenoxy) is 1. The van der Waals surface area contributed by atoms with E-state index in [1.165, 1.54) is 0 Å². The van der Waals surface area contributed by atoms with E-state index in [4.69, 9.17) is 16.3 Å². The van der Waals surface area contributed by atoms with Gasteiger partial charge in [-0.05, 0) is 25.5 Å². The molecular formula is C13H18ClN3O. The van der Waals surface area contributed by atoms with E-state index >= 15 is 0 Å². The lowest BCUT2D eigenvalue weighted by atomic mass is 10.4. The summed E-state index contributed by atoms with van der Waals surface area (Å²) in [4.78, 5) is 8.98. The Balaban J connectivity index is 2.19. The molecule has 0 aliphatic rings. The van der Waals surface area contributed by atoms with Gasteiger partial charge in [0.25, 0.3) is 0 Å². The fourth-order valence-corrected chi connectivity index (χ4v) is 2.15. The molecule has 18 heavy (non-hydrogen) atoms. The minimum absolute atomic E-state index is 0.578. The van der Waals surface area contributed by atoms with Crippen LogP contribution in [-0.2, 0) is 17.7 Å². The van der Waals surface area contributed by atoms with Crippen molar-refractivity contribution in [1.82, 2.24) is 14.5 Å². The van der Waals surface area contributed by atoms with E-state index in [-0.39, 0.29) is 0 Å². The molecule has 2 aromatic rings. The van der Waals surface area contributed by atoms with Crippen LogP contribution in [0.2, 0.25) is 0 Å². The van der Waals surface area contributed by atoms with Crippen LogP contribution in [0.15, 0.2) is 18.3 Å². The van der Waals surface area contributed by atoms with Crippen molar-refractivity contribution >= 4 is 22.8 Å². The van der Waals surface area contributed by atoms with Crippen LogP contribution in [0, 0.1) is 0 Å². The Morgan fingerprint density at radius 3 is 3.11 bits per heavy atom. The quantitative estimate of drug-likeness (QED) is 0.572. The molecule has 0 N–H and O–H groups in total. The van der Waals surface area contributed by atoms with Crippen LogP contribution >= 0.6 is 11.6 Å². The first-order chi connectivity index (χ1) is 8.86. The molecule has 0 saturated carbocycles. The fraction of sp³-hybridized carbons (Fsp3) is 0.538. The highest BCUT2D eigenvalue weighted by molar-refractivity contribution is 6.17. The monoisotopic (exact) mass is 267 g/mol. The Bertz CT molecular complexity index is 498. The Morgan fingerprint density at radius 2 is 2.33 bits per heavy atom. The minimum atomic E-state index is 0.578. The number of hydrogen-bond donors (Lipinski definition) is 0. The number of halogens is 1. The molecule has 0 aromatic carbocycles. The van der Waals surface area contributed by atoms with Crippen LogP contribution in [0.1, 0.15) is 19.2 Å². The maximum absolute atomic E-state index is 5.82. The third-order valence-electron chi connectivity index (χ3n) is 2.78. The first kappa shape index (κ1) is 13.3. The fourth-order valence-electron chi connectivity index (χ4n) is 1.98. The van der Waals surface area contributed by atoms with Crippen molar-refractivity contribution in [2.45, 2.75) is 26.3 Å². The van der Waals surface area contributed by atoms with Crippen molar-refractivity contribution in [2.75, 3.05) is 19.1 Å². The van der Waals surface area contributed by atoms with Gasteiger partial charge in [-0.15, -0.1) is 11.6 Å². The van der Waals surface area contributed by atoms with Gasteiger partial charge in [0.05, 0.1) is 0 Å². The lowest BCUT2D eigenvalue weighted by Gasteiger charge is -2.07. The van der Waals surface area contributed by atoms with Gasteiger partial charge in [-0.2, -0.15) is 0 Å². The molecule has 0 amide bonds. The van der Waals surface area contributed by atoms with Crippen molar-refractivity contribution in [2.24, 2.45) is 0 Å². The Kier molecular flexibility index (Phi) is 4.96. The Hall–Kier alpha value is -1.13. The van der Waals surface area contributed by atoms with E-state index in [0.717, 1.165) is 49.6 Å². The summed E-state index contributed by atoms with van der Waals surface area (Å²) in [6, 6.07) is 3.89. The summed E-state index contributed by atoms with van der Waals surface area (Å²) in [5.41, 5.74) is 1.88. The predicted octanol–water partition coefficient (Wildman–Crippen LogP) is 2.64. The molecule has 0 fully saturated rings. The smallest absolute Gasteiger partial charge is 0.159 e. The number of aryl methyl sites for hydroxylation is 2. The second-order valence-corrected chi connectivity index (χ2v) is 4.39. The summed E-state index contributed by atoms with van der Waals surface area (Å²) in [7, 11) is 0. The van der Waals surface area contributed by atoms with Gasteiger partial charge in [0.2, 0.25) is 0 Å². The third kappa shape index (κ3) is 3.00. The van der Waals surface area contributed by atoms with Crippen LogP contribution < -0.4 is 0 Å². The first-order valence-corrected chi connectivity index (χ1v) is 6.84. The van der Waals surface area contributed by atoms with E-state index in [1.54, 1.807) is 6.20 Å². The molecule has 2 heterocycles. The molecule has 0 bridgehead atoms. The zero-order chi connectivity index (χ0) is 12.8. The Labute approximate surface area is 112 Å². The number of alkyl halides is 1. The van der Waals surface area contributed by atoms with Crippen molar-refractivity contribution in [3.05, 3.63) is 24.2 Å². The van der Waals surface area contributed by atoms with Crippen LogP contribution in [0.25, 0.3) is 11.2 Å². The molecular weight excluding hydrogens is 250 g/mol. The Morgan fingerprint density at radius 1 is 1.44 bits per heavy atom. The van der Waals surface area contributed by atoms with Crippen LogP contribution in [0.3, 0.4) is 0 Å². The molecule has 5 heteroatoms. The average molecular weight is 268 g/mol. The first-order valence-electron chi connectivity index (χ1n) is 6.30. The summed E-state index contributed by atoms with van der Waals surface area (Å²) < 4.78 is 7.51. The van der Waals surface area contributed by atoms with Gasteiger partial charge >= 0.3 is 0 Å². The molecule has 0 saturated heterocycles. The predicted molar refractivity (Wildman–Crippen MR) is 73.1 cm³/mol. The highest BCUT2D eigenvalue weighted by Gasteiger charge is 2.10. The molecule has 4 nitrogen and oxygen atoms in total. The molecule has 98 valence electrons. The van der Waals surface area contributed by atoms with Crippen molar-refractivity contribution in [3.63, 3.8) is 0 Å². The second kappa shape index (κ2) is 6.71. The standard InChI is InChI=1S/C13H18ClN3O/c1-2-18-10-4-9-17-12(6-7-14)16-11-5-3-8-15-13(11)17/h3,5,8H,2,4,6-7,9-10H2,1H3. The summed E-state index contributed by atoms with van der Waals surface area (Å²) in [5.74, 6) is 1.59. The number of hydrogen-bond acceptors (Lipinski definition) is 3. The molecule has 0 spiro atoms. The lowest BCUT2D eigenvalue weighted by Crippen LogP contribution is -2.08. The molecule has 0 atom stereocenters. The van der Waals surface area contributed by atoms with Gasteiger partial charge < -0.3 is 9.30 Å². The third-order valence-corrected chi connectivity index (χ3v) is 2.96. The molecule has 2 aromatic heterocycles. The molecule has 0 unspecified atom stereocenters. The number of aromatic nitrogens is 3. The van der Waals surface area contributed by atoms with Crippen molar-refractivity contribution < 1.29 is 4.74 Å². The van der Waals surface area contributed by atoms with Crippen molar-refractivity contribution in [3.8, 4) is 0 Å². The SMILES string of the molecule is CCOCCCn1c(CCCl)nc2cccnc21. The van der Waals surface area contributed by atoms with Gasteiger partial charge in [-0.1, -0.05) is 0 Å². The van der Waals surface area contributed by atoms with Gasteiger partial charge in [-0.25, -0.2) is 9.97 Å². The van der Waals surface area contributed by atoms with E-state index in [2.05, 4.69) is 14.5 Å². The zero-order valence-corrected chi connectivity index (χ0v) is 11.4. The number of nitrogens with zero attached hydrogens (tertiary/aromatic N) is 3. The van der Waals surface area contributed by atoms with Gasteiger partial charge in [-0.3, -0.25) is 0 Å². The topological polar surface area (TPSA) is 39.9 Å². The second-order valence-electron chi connectivity index (χ2n) is 4.02. The van der Waals surface area contributed by atoms with Gasteiger partial charge in [0.15, 0.2) is 5.65 Å². The number of imidazole rings is 1. The lowest BCUT2D eigenvalue weighted by molar-refractivity contribution is 0.141. The van der Waals surface area contributed by atoms with Crippen LogP contribution in [0.5, 0.6) is 0 Å². The number of pyridine rings is 1. The molecule has 2 rings (SSSR count). The highest BCUT2D eigenvalue weighted by Crippen LogP contribution is 2.15. The number of rotatable bonds is 7.